The molecule has 1 aliphatic rings. The van der Waals surface area contributed by atoms with Gasteiger partial charge in [0.05, 0.1) is 33.6 Å². The molecule has 1 aliphatic heterocycles. The first-order chi connectivity index (χ1) is 19.2. The van der Waals surface area contributed by atoms with Gasteiger partial charge >= 0.3 is 12.0 Å². The van der Waals surface area contributed by atoms with E-state index in [1.165, 1.54) is 69.9 Å². The van der Waals surface area contributed by atoms with Crippen molar-refractivity contribution in [2.24, 2.45) is 0 Å². The Morgan fingerprint density at radius 2 is 1.75 bits per heavy atom. The van der Waals surface area contributed by atoms with Crippen molar-refractivity contribution in [1.82, 2.24) is 10.2 Å². The summed E-state index contributed by atoms with van der Waals surface area (Å²) >= 11 is 0. The lowest BCUT2D eigenvalue weighted by atomic mass is 10.1. The van der Waals surface area contributed by atoms with Crippen molar-refractivity contribution in [2.75, 3.05) is 33.3 Å². The fraction of sp³-hybridized carbons (Fsp3) is 0.185. The van der Waals surface area contributed by atoms with E-state index in [0.717, 1.165) is 4.90 Å². The van der Waals surface area contributed by atoms with Gasteiger partial charge in [-0.1, -0.05) is 12.1 Å². The molecule has 0 saturated carbocycles. The van der Waals surface area contributed by atoms with Crippen LogP contribution in [0.4, 0.5) is 14.9 Å². The number of nitrogens with one attached hydrogen (secondary N) is 2. The molecule has 40 heavy (non-hydrogen) atoms. The van der Waals surface area contributed by atoms with Crippen LogP contribution in [0.2, 0.25) is 0 Å². The Bertz CT molecular complexity index is 1470. The second-order valence-electron chi connectivity index (χ2n) is 8.21. The van der Waals surface area contributed by atoms with Crippen LogP contribution in [0.5, 0.6) is 17.2 Å². The van der Waals surface area contributed by atoms with Gasteiger partial charge in [-0.25, -0.2) is 14.0 Å². The molecule has 0 atom stereocenters. The molecule has 4 rings (SSSR count). The molecule has 2 N–H and O–H groups in total. The smallest absolute Gasteiger partial charge is 0.373 e. The normalized spacial score (nSPS) is 13.7. The molecule has 0 unspecified atom stereocenters. The number of rotatable bonds is 10. The summed E-state index contributed by atoms with van der Waals surface area (Å²) in [5.41, 5.74) is 0.380. The predicted molar refractivity (Wildman–Crippen MR) is 137 cm³/mol. The zero-order valence-electron chi connectivity index (χ0n) is 21.6. The quantitative estimate of drug-likeness (QED) is 0.219. The van der Waals surface area contributed by atoms with Crippen molar-refractivity contribution < 1.29 is 46.9 Å². The van der Waals surface area contributed by atoms with E-state index in [1.807, 2.05) is 0 Å². The standard InChI is InChI=1S/C27H24FN3O9/c1-36-21-11-15(12-22(37-2)24(21)39-14-23(32)29-18-7-5-4-6-17(18)28)10-19-25(33)31(27(35)30-19)13-16-8-9-20(40-16)26(34)38-3/h4-12H,13-14H2,1-3H3,(H,29,32)(H,30,35)/b19-10-. The fourth-order valence-corrected chi connectivity index (χ4v) is 3.72. The topological polar surface area (TPSA) is 146 Å². The van der Waals surface area contributed by atoms with Crippen molar-refractivity contribution in [2.45, 2.75) is 6.54 Å². The van der Waals surface area contributed by atoms with Gasteiger partial charge in [-0.2, -0.15) is 0 Å². The van der Waals surface area contributed by atoms with E-state index < -0.39 is 36.2 Å². The Kier molecular flexibility index (Phi) is 8.33. The van der Waals surface area contributed by atoms with Gasteiger partial charge in [0.25, 0.3) is 11.8 Å². The van der Waals surface area contributed by atoms with Crippen LogP contribution < -0.4 is 24.8 Å². The van der Waals surface area contributed by atoms with Crippen LogP contribution in [-0.2, 0) is 20.9 Å². The number of nitrogens with zero attached hydrogens (tertiary/aromatic N) is 1. The first-order valence-electron chi connectivity index (χ1n) is 11.7. The van der Waals surface area contributed by atoms with Gasteiger partial charge in [0.15, 0.2) is 18.1 Å². The van der Waals surface area contributed by atoms with Gasteiger partial charge in [0, 0.05) is 0 Å². The van der Waals surface area contributed by atoms with Crippen LogP contribution in [0.25, 0.3) is 6.08 Å². The number of amides is 4. The highest BCUT2D eigenvalue weighted by Crippen LogP contribution is 2.39. The third kappa shape index (κ3) is 6.04. The van der Waals surface area contributed by atoms with Crippen molar-refractivity contribution in [1.29, 1.82) is 0 Å². The number of methoxy groups -OCH3 is 3. The number of furan rings is 1. The summed E-state index contributed by atoms with van der Waals surface area (Å²) in [5, 5.41) is 4.90. The summed E-state index contributed by atoms with van der Waals surface area (Å²) < 4.78 is 40.1. The van der Waals surface area contributed by atoms with Crippen LogP contribution in [0, 0.1) is 5.82 Å². The molecule has 2 aromatic carbocycles. The van der Waals surface area contributed by atoms with E-state index in [9.17, 15) is 23.6 Å². The second kappa shape index (κ2) is 12.0. The number of urea groups is 1. The number of esters is 1. The Hall–Kier alpha value is -5.33. The van der Waals surface area contributed by atoms with Crippen LogP contribution in [0.1, 0.15) is 21.9 Å². The molecular formula is C27H24FN3O9. The van der Waals surface area contributed by atoms with E-state index in [2.05, 4.69) is 15.4 Å². The monoisotopic (exact) mass is 553 g/mol. The molecule has 4 amide bonds. The van der Waals surface area contributed by atoms with Crippen molar-refractivity contribution in [3.63, 3.8) is 0 Å². The summed E-state index contributed by atoms with van der Waals surface area (Å²) in [6.45, 7) is -0.692. The Morgan fingerprint density at radius 3 is 2.40 bits per heavy atom. The van der Waals surface area contributed by atoms with E-state index in [0.29, 0.717) is 5.56 Å². The number of ether oxygens (including phenoxy) is 4. The van der Waals surface area contributed by atoms with Gasteiger partial charge in [-0.15, -0.1) is 0 Å². The van der Waals surface area contributed by atoms with E-state index in [4.69, 9.17) is 18.6 Å². The Balaban J connectivity index is 1.49. The molecule has 0 radical (unpaired) electrons. The first-order valence-corrected chi connectivity index (χ1v) is 11.7. The van der Waals surface area contributed by atoms with Crippen LogP contribution in [0.3, 0.4) is 0 Å². The highest BCUT2D eigenvalue weighted by molar-refractivity contribution is 6.13. The SMILES string of the molecule is COC(=O)c1ccc(CN2C(=O)N/C(=C\c3cc(OC)c(OCC(=O)Nc4ccccc4F)c(OC)c3)C2=O)o1. The maximum Gasteiger partial charge on any atom is 0.373 e. The molecule has 2 heterocycles. The minimum atomic E-state index is -0.690. The zero-order valence-corrected chi connectivity index (χ0v) is 21.6. The summed E-state index contributed by atoms with van der Waals surface area (Å²) in [6.07, 6.45) is 1.40. The lowest BCUT2D eigenvalue weighted by Crippen LogP contribution is -2.30. The molecule has 1 fully saturated rings. The minimum absolute atomic E-state index is 0.00489. The zero-order chi connectivity index (χ0) is 28.8. The molecule has 0 bridgehead atoms. The maximum atomic E-state index is 13.8. The third-order valence-electron chi connectivity index (χ3n) is 5.61. The van der Waals surface area contributed by atoms with Gasteiger partial charge in [-0.05, 0) is 48.0 Å². The first kappa shape index (κ1) is 27.7. The van der Waals surface area contributed by atoms with Gasteiger partial charge in [0.1, 0.15) is 17.3 Å². The highest BCUT2D eigenvalue weighted by Gasteiger charge is 2.34. The fourth-order valence-electron chi connectivity index (χ4n) is 3.72. The molecule has 1 saturated heterocycles. The van der Waals surface area contributed by atoms with Crippen molar-refractivity contribution >= 4 is 35.6 Å². The third-order valence-corrected chi connectivity index (χ3v) is 5.61. The van der Waals surface area contributed by atoms with E-state index in [-0.39, 0.29) is 46.7 Å². The maximum absolute atomic E-state index is 13.8. The van der Waals surface area contributed by atoms with Gasteiger partial charge < -0.3 is 34.0 Å². The molecule has 0 aliphatic carbocycles. The van der Waals surface area contributed by atoms with Gasteiger partial charge in [0.2, 0.25) is 11.5 Å². The highest BCUT2D eigenvalue weighted by atomic mass is 19.1. The predicted octanol–water partition coefficient (Wildman–Crippen LogP) is 3.33. The number of halogens is 1. The Morgan fingerprint density at radius 1 is 1.05 bits per heavy atom. The van der Waals surface area contributed by atoms with E-state index in [1.54, 1.807) is 6.07 Å². The summed E-state index contributed by atoms with van der Waals surface area (Å²) in [6, 6.07) is 10.9. The molecule has 3 aromatic rings. The van der Waals surface area contributed by atoms with Crippen LogP contribution in [0.15, 0.2) is 58.6 Å². The van der Waals surface area contributed by atoms with E-state index >= 15 is 0 Å². The number of hydrogen-bond acceptors (Lipinski definition) is 9. The van der Waals surface area contributed by atoms with Gasteiger partial charge in [-0.3, -0.25) is 14.5 Å². The molecule has 0 spiro atoms. The number of benzene rings is 2. The van der Waals surface area contributed by atoms with Crippen LogP contribution >= 0.6 is 0 Å². The Labute approximate surface area is 227 Å². The molecule has 1 aromatic heterocycles. The largest absolute Gasteiger partial charge is 0.493 e. The molecular weight excluding hydrogens is 529 g/mol. The minimum Gasteiger partial charge on any atom is -0.493 e. The number of carbonyl (C=O) groups is 4. The molecule has 13 heteroatoms. The number of para-hydroxylation sites is 1. The lowest BCUT2D eigenvalue weighted by Gasteiger charge is -2.15. The number of hydrogen-bond donors (Lipinski definition) is 2. The number of carbonyl (C=O) groups excluding carboxylic acids is 4. The van der Waals surface area contributed by atoms with Crippen molar-refractivity contribution in [3.8, 4) is 17.2 Å². The molecule has 12 nitrogen and oxygen atoms in total. The summed E-state index contributed by atoms with van der Waals surface area (Å²) in [4.78, 5) is 50.2. The average Bonchev–Trinajstić information content (AvgIpc) is 3.52. The summed E-state index contributed by atoms with van der Waals surface area (Å²) in [5.74, 6) is -1.96. The lowest BCUT2D eigenvalue weighted by molar-refractivity contribution is -0.123. The molecule has 208 valence electrons. The number of imide groups is 1. The van der Waals surface area contributed by atoms with Crippen LogP contribution in [-0.4, -0.2) is 56.7 Å². The second-order valence-corrected chi connectivity index (χ2v) is 8.21. The number of anilines is 1. The summed E-state index contributed by atoms with van der Waals surface area (Å²) in [7, 11) is 3.94. The average molecular weight is 553 g/mol. The van der Waals surface area contributed by atoms with Crippen molar-refractivity contribution in [3.05, 3.63) is 77.1 Å².